The van der Waals surface area contributed by atoms with Crippen LogP contribution in [-0.4, -0.2) is 23.8 Å². The molecule has 166 valence electrons. The number of halogens is 1. The lowest BCUT2D eigenvalue weighted by Crippen LogP contribution is -2.40. The smallest absolute Gasteiger partial charge is 0.338 e. The molecule has 7 nitrogen and oxygen atoms in total. The van der Waals surface area contributed by atoms with Crippen molar-refractivity contribution >= 4 is 39.3 Å². The first-order valence-electron chi connectivity index (χ1n) is 9.92. The van der Waals surface area contributed by atoms with Gasteiger partial charge in [0.25, 0.3) is 5.56 Å². The number of fused-ring (bicyclic) bond motifs is 1. The Kier molecular flexibility index (Phi) is 6.21. The standard InChI is InChI=1S/C23H21BrN2O5S/c1-12(2)30-16-8-6-5-7-15(16)20-19(22(28)29-4)13(3)25-23-26(20)21(27)17(32-23)11-14-9-10-18(24)31-14/h5-12,20H,1-4H3/b17-11+. The van der Waals surface area contributed by atoms with Crippen LogP contribution in [-0.2, 0) is 9.53 Å². The third-order valence-electron chi connectivity index (χ3n) is 4.87. The van der Waals surface area contributed by atoms with Gasteiger partial charge in [-0.25, -0.2) is 9.79 Å². The molecule has 1 unspecified atom stereocenters. The summed E-state index contributed by atoms with van der Waals surface area (Å²) >= 11 is 4.51. The number of allylic oxidation sites excluding steroid dienone is 1. The van der Waals surface area contributed by atoms with Gasteiger partial charge in [0, 0.05) is 11.6 Å². The predicted molar refractivity (Wildman–Crippen MR) is 124 cm³/mol. The number of esters is 1. The normalized spacial score (nSPS) is 16.2. The number of methoxy groups -OCH3 is 1. The molecule has 0 saturated heterocycles. The molecule has 4 rings (SSSR count). The van der Waals surface area contributed by atoms with E-state index in [1.54, 1.807) is 25.1 Å². The van der Waals surface area contributed by atoms with E-state index < -0.39 is 12.0 Å². The maximum Gasteiger partial charge on any atom is 0.338 e. The summed E-state index contributed by atoms with van der Waals surface area (Å²) in [5.74, 6) is 0.583. The van der Waals surface area contributed by atoms with E-state index in [0.29, 0.717) is 42.3 Å². The van der Waals surface area contributed by atoms with Crippen molar-refractivity contribution in [2.24, 2.45) is 4.99 Å². The lowest BCUT2D eigenvalue weighted by atomic mass is 9.95. The van der Waals surface area contributed by atoms with Gasteiger partial charge in [0.15, 0.2) is 9.47 Å². The maximum absolute atomic E-state index is 13.5. The Bertz CT molecular complexity index is 1400. The minimum absolute atomic E-state index is 0.0870. The second-order valence-electron chi connectivity index (χ2n) is 7.42. The molecule has 32 heavy (non-hydrogen) atoms. The number of furan rings is 1. The van der Waals surface area contributed by atoms with Gasteiger partial charge in [-0.3, -0.25) is 9.36 Å². The Morgan fingerprint density at radius 2 is 2.03 bits per heavy atom. The maximum atomic E-state index is 13.5. The molecule has 3 aromatic rings. The van der Waals surface area contributed by atoms with E-state index >= 15 is 0 Å². The number of hydrogen-bond acceptors (Lipinski definition) is 7. The van der Waals surface area contributed by atoms with Gasteiger partial charge in [-0.1, -0.05) is 29.5 Å². The van der Waals surface area contributed by atoms with Gasteiger partial charge < -0.3 is 13.9 Å². The molecule has 1 aliphatic heterocycles. The Morgan fingerprint density at radius 3 is 2.69 bits per heavy atom. The summed E-state index contributed by atoms with van der Waals surface area (Å²) in [6, 6.07) is 10.2. The van der Waals surface area contributed by atoms with Gasteiger partial charge in [-0.2, -0.15) is 0 Å². The molecule has 3 heterocycles. The SMILES string of the molecule is COC(=O)C1=C(C)N=c2s/c(=C/c3ccc(Br)o3)c(=O)n2C1c1ccccc1OC(C)C. The van der Waals surface area contributed by atoms with Crippen LogP contribution in [0.4, 0.5) is 0 Å². The topological polar surface area (TPSA) is 83.0 Å². The van der Waals surface area contributed by atoms with E-state index in [4.69, 9.17) is 13.9 Å². The van der Waals surface area contributed by atoms with Crippen LogP contribution < -0.4 is 19.6 Å². The fourth-order valence-electron chi connectivity index (χ4n) is 3.59. The Morgan fingerprint density at radius 1 is 1.28 bits per heavy atom. The fraction of sp³-hybridized carbons (Fsp3) is 0.261. The average molecular weight is 517 g/mol. The van der Waals surface area contributed by atoms with Crippen molar-refractivity contribution < 1.29 is 18.7 Å². The summed E-state index contributed by atoms with van der Waals surface area (Å²) in [5.41, 5.74) is 1.20. The van der Waals surface area contributed by atoms with Crippen LogP contribution in [0.3, 0.4) is 0 Å². The van der Waals surface area contributed by atoms with Gasteiger partial charge in [0.05, 0.1) is 29.0 Å². The highest BCUT2D eigenvalue weighted by molar-refractivity contribution is 9.10. The summed E-state index contributed by atoms with van der Waals surface area (Å²) in [6.07, 6.45) is 1.58. The van der Waals surface area contributed by atoms with Gasteiger partial charge in [0.1, 0.15) is 17.6 Å². The molecule has 0 fully saturated rings. The molecule has 0 aliphatic carbocycles. The first-order valence-corrected chi connectivity index (χ1v) is 11.5. The van der Waals surface area contributed by atoms with Crippen LogP contribution in [0, 0.1) is 0 Å². The number of carbonyl (C=O) groups excluding carboxylic acids is 1. The zero-order valence-electron chi connectivity index (χ0n) is 17.9. The molecule has 0 saturated carbocycles. The number of thiazole rings is 1. The van der Waals surface area contributed by atoms with Crippen molar-refractivity contribution in [3.05, 3.63) is 83.3 Å². The Hall–Kier alpha value is -2.91. The Balaban J connectivity index is 2.00. The molecular weight excluding hydrogens is 496 g/mol. The number of aromatic nitrogens is 1. The molecule has 0 spiro atoms. The van der Waals surface area contributed by atoms with Crippen LogP contribution in [0.1, 0.15) is 38.1 Å². The highest BCUT2D eigenvalue weighted by Crippen LogP contribution is 2.36. The van der Waals surface area contributed by atoms with E-state index in [9.17, 15) is 9.59 Å². The van der Waals surface area contributed by atoms with Crippen molar-refractivity contribution in [2.75, 3.05) is 7.11 Å². The van der Waals surface area contributed by atoms with Gasteiger partial charge in [-0.15, -0.1) is 0 Å². The molecule has 1 atom stereocenters. The lowest BCUT2D eigenvalue weighted by molar-refractivity contribution is -0.136. The van der Waals surface area contributed by atoms with E-state index in [1.165, 1.54) is 23.0 Å². The van der Waals surface area contributed by atoms with Crippen molar-refractivity contribution in [2.45, 2.75) is 32.9 Å². The summed E-state index contributed by atoms with van der Waals surface area (Å²) in [6.45, 7) is 5.59. The summed E-state index contributed by atoms with van der Waals surface area (Å²) < 4.78 is 19.1. The van der Waals surface area contributed by atoms with Gasteiger partial charge >= 0.3 is 5.97 Å². The average Bonchev–Trinajstić information content (AvgIpc) is 3.29. The number of hydrogen-bond donors (Lipinski definition) is 0. The second-order valence-corrected chi connectivity index (χ2v) is 9.21. The summed E-state index contributed by atoms with van der Waals surface area (Å²) in [4.78, 5) is 31.4. The van der Waals surface area contributed by atoms with Gasteiger partial charge in [-0.05, 0) is 54.9 Å². The quantitative estimate of drug-likeness (QED) is 0.484. The van der Waals surface area contributed by atoms with Gasteiger partial charge in [0.2, 0.25) is 0 Å². The molecule has 1 aliphatic rings. The molecule has 0 bridgehead atoms. The molecule has 0 amide bonds. The molecule has 2 aromatic heterocycles. The molecule has 9 heteroatoms. The molecule has 0 N–H and O–H groups in total. The third kappa shape index (κ3) is 4.10. The van der Waals surface area contributed by atoms with Crippen LogP contribution >= 0.6 is 27.3 Å². The monoisotopic (exact) mass is 516 g/mol. The number of benzene rings is 1. The zero-order chi connectivity index (χ0) is 23.0. The first-order chi connectivity index (χ1) is 15.3. The molecule has 0 radical (unpaired) electrons. The lowest BCUT2D eigenvalue weighted by Gasteiger charge is -2.26. The minimum Gasteiger partial charge on any atom is -0.491 e. The van der Waals surface area contributed by atoms with Crippen molar-refractivity contribution in [3.8, 4) is 5.75 Å². The highest BCUT2D eigenvalue weighted by atomic mass is 79.9. The van der Waals surface area contributed by atoms with E-state index in [-0.39, 0.29) is 11.7 Å². The largest absolute Gasteiger partial charge is 0.491 e. The number of ether oxygens (including phenoxy) is 2. The van der Waals surface area contributed by atoms with Crippen molar-refractivity contribution in [3.63, 3.8) is 0 Å². The predicted octanol–water partition coefficient (Wildman–Crippen LogP) is 3.55. The zero-order valence-corrected chi connectivity index (χ0v) is 20.3. The van der Waals surface area contributed by atoms with Crippen LogP contribution in [0.5, 0.6) is 5.75 Å². The highest BCUT2D eigenvalue weighted by Gasteiger charge is 2.34. The minimum atomic E-state index is -0.737. The van der Waals surface area contributed by atoms with Crippen LogP contribution in [0.15, 0.2) is 66.5 Å². The third-order valence-corrected chi connectivity index (χ3v) is 6.28. The van der Waals surface area contributed by atoms with E-state index in [1.807, 2.05) is 38.1 Å². The number of nitrogens with zero attached hydrogens (tertiary/aromatic N) is 2. The Labute approximate surface area is 196 Å². The van der Waals surface area contributed by atoms with Crippen molar-refractivity contribution in [1.82, 2.24) is 4.57 Å². The number of rotatable bonds is 5. The second kappa shape index (κ2) is 8.91. The van der Waals surface area contributed by atoms with Crippen LogP contribution in [0.25, 0.3) is 6.08 Å². The summed E-state index contributed by atoms with van der Waals surface area (Å²) in [5, 5.41) is 0. The number of para-hydroxylation sites is 1. The summed E-state index contributed by atoms with van der Waals surface area (Å²) in [7, 11) is 1.32. The van der Waals surface area contributed by atoms with E-state index in [2.05, 4.69) is 20.9 Å². The molecule has 1 aromatic carbocycles. The fourth-order valence-corrected chi connectivity index (χ4v) is 4.94. The molecular formula is C23H21BrN2O5S. The van der Waals surface area contributed by atoms with Crippen LogP contribution in [0.2, 0.25) is 0 Å². The van der Waals surface area contributed by atoms with Crippen molar-refractivity contribution in [1.29, 1.82) is 0 Å². The first kappa shape index (κ1) is 22.3. The van der Waals surface area contributed by atoms with E-state index in [0.717, 1.165) is 0 Å². The number of carbonyl (C=O) groups is 1.